The maximum absolute atomic E-state index is 11.0. The molecule has 0 aliphatic heterocycles. The van der Waals surface area contributed by atoms with Crippen molar-refractivity contribution in [3.63, 3.8) is 0 Å². The molecule has 0 aliphatic rings. The first kappa shape index (κ1) is 11.9. The highest BCUT2D eigenvalue weighted by molar-refractivity contribution is 7.45. The lowest BCUT2D eigenvalue weighted by Crippen LogP contribution is -2.24. The summed E-state index contributed by atoms with van der Waals surface area (Å²) in [4.78, 5) is 28.0. The summed E-state index contributed by atoms with van der Waals surface area (Å²) in [5.74, 6) is 0. The predicted molar refractivity (Wildman–Crippen MR) is 56.0 cm³/mol. The molecule has 5 nitrogen and oxygen atoms in total. The topological polar surface area (TPSA) is 78.8 Å². The van der Waals surface area contributed by atoms with Crippen molar-refractivity contribution in [1.82, 2.24) is 5.32 Å². The van der Waals surface area contributed by atoms with Gasteiger partial charge in [0.05, 0.1) is 6.29 Å². The van der Waals surface area contributed by atoms with Crippen LogP contribution in [0.5, 0.6) is 0 Å². The van der Waals surface area contributed by atoms with Crippen LogP contribution in [-0.2, 0) is 11.3 Å². The average Bonchev–Trinajstić information content (AvgIpc) is 2.25. The molecule has 0 aliphatic carbocycles. The second-order valence-electron chi connectivity index (χ2n) is 2.77. The monoisotopic (exact) mass is 229 g/mol. The van der Waals surface area contributed by atoms with E-state index in [1.54, 1.807) is 0 Å². The molecule has 0 atom stereocenters. The molecule has 0 saturated heterocycles. The van der Waals surface area contributed by atoms with Crippen molar-refractivity contribution >= 4 is 14.5 Å². The standard InChI is InChI=1S/C9H12NO4P/c11-9(10-7-15(12)13)14-6-8-4-2-1-3-5-8/h1-5,12-13H,6-7H2,(H,10,11). The van der Waals surface area contributed by atoms with Gasteiger partial charge >= 0.3 is 6.09 Å². The number of hydrogen-bond acceptors (Lipinski definition) is 4. The fourth-order valence-corrected chi connectivity index (χ4v) is 1.18. The Morgan fingerprint density at radius 2 is 2.00 bits per heavy atom. The Bertz CT molecular complexity index is 304. The zero-order valence-corrected chi connectivity index (χ0v) is 8.85. The van der Waals surface area contributed by atoms with Crippen LogP contribution >= 0.6 is 8.38 Å². The Kier molecular flexibility index (Phi) is 5.04. The minimum Gasteiger partial charge on any atom is -0.445 e. The molecule has 6 heteroatoms. The van der Waals surface area contributed by atoms with Gasteiger partial charge in [0.25, 0.3) is 0 Å². The molecule has 1 amide bonds. The lowest BCUT2D eigenvalue weighted by atomic mass is 10.2. The summed E-state index contributed by atoms with van der Waals surface area (Å²) in [7, 11) is -2.11. The first-order valence-electron chi connectivity index (χ1n) is 4.28. The Morgan fingerprint density at radius 3 is 2.60 bits per heavy atom. The van der Waals surface area contributed by atoms with Crippen molar-refractivity contribution in [1.29, 1.82) is 0 Å². The molecule has 82 valence electrons. The predicted octanol–water partition coefficient (Wildman–Crippen LogP) is 1.17. The molecule has 0 aromatic heterocycles. The van der Waals surface area contributed by atoms with Gasteiger partial charge in [0.15, 0.2) is 8.38 Å². The first-order valence-corrected chi connectivity index (χ1v) is 5.71. The molecule has 0 saturated carbocycles. The molecular weight excluding hydrogens is 217 g/mol. The van der Waals surface area contributed by atoms with Gasteiger partial charge in [0, 0.05) is 0 Å². The highest BCUT2D eigenvalue weighted by atomic mass is 31.2. The molecule has 0 radical (unpaired) electrons. The number of benzene rings is 1. The van der Waals surface area contributed by atoms with E-state index in [-0.39, 0.29) is 12.9 Å². The zero-order valence-electron chi connectivity index (χ0n) is 7.96. The summed E-state index contributed by atoms with van der Waals surface area (Å²) in [6, 6.07) is 9.22. The molecule has 3 N–H and O–H groups in total. The van der Waals surface area contributed by atoms with E-state index in [0.717, 1.165) is 5.56 Å². The fraction of sp³-hybridized carbons (Fsp3) is 0.222. The normalized spacial score (nSPS) is 10.1. The van der Waals surface area contributed by atoms with Crippen molar-refractivity contribution in [2.45, 2.75) is 6.61 Å². The minimum absolute atomic E-state index is 0.168. The maximum atomic E-state index is 11.0. The third-order valence-corrected chi connectivity index (χ3v) is 2.02. The lowest BCUT2D eigenvalue weighted by molar-refractivity contribution is 0.141. The SMILES string of the molecule is O=C(NCP(O)O)OCc1ccccc1. The van der Waals surface area contributed by atoms with Crippen LogP contribution in [-0.4, -0.2) is 22.2 Å². The second kappa shape index (κ2) is 6.35. The van der Waals surface area contributed by atoms with Gasteiger partial charge in [0.1, 0.15) is 6.61 Å². The molecule has 0 unspecified atom stereocenters. The molecule has 1 aromatic rings. The number of carbonyl (C=O) groups is 1. The van der Waals surface area contributed by atoms with Crippen LogP contribution in [0.25, 0.3) is 0 Å². The van der Waals surface area contributed by atoms with Crippen molar-refractivity contribution in [3.05, 3.63) is 35.9 Å². The molecule has 1 rings (SSSR count). The van der Waals surface area contributed by atoms with Gasteiger partial charge in [-0.3, -0.25) is 0 Å². The molecule has 0 spiro atoms. The lowest BCUT2D eigenvalue weighted by Gasteiger charge is -2.07. The average molecular weight is 229 g/mol. The summed E-state index contributed by atoms with van der Waals surface area (Å²) in [6.07, 6.45) is -0.836. The highest BCUT2D eigenvalue weighted by Gasteiger charge is 2.04. The van der Waals surface area contributed by atoms with Gasteiger partial charge in [-0.1, -0.05) is 30.3 Å². The van der Waals surface area contributed by atoms with Crippen molar-refractivity contribution in [2.75, 3.05) is 6.29 Å². The number of nitrogens with one attached hydrogen (secondary N) is 1. The Morgan fingerprint density at radius 1 is 1.33 bits per heavy atom. The number of amides is 1. The van der Waals surface area contributed by atoms with E-state index in [0.29, 0.717) is 0 Å². The summed E-state index contributed by atoms with van der Waals surface area (Å²) in [5, 5.41) is 2.22. The van der Waals surface area contributed by atoms with Gasteiger partial charge in [-0.05, 0) is 5.56 Å². The Labute approximate surface area is 88.6 Å². The van der Waals surface area contributed by atoms with Gasteiger partial charge in [0.2, 0.25) is 0 Å². The largest absolute Gasteiger partial charge is 0.445 e. The van der Waals surface area contributed by atoms with Crippen LogP contribution in [0.15, 0.2) is 30.3 Å². The number of alkyl carbamates (subject to hydrolysis) is 1. The first-order chi connectivity index (χ1) is 7.18. The zero-order chi connectivity index (χ0) is 11.1. The van der Waals surface area contributed by atoms with E-state index in [9.17, 15) is 4.79 Å². The third kappa shape index (κ3) is 5.32. The van der Waals surface area contributed by atoms with E-state index >= 15 is 0 Å². The Hall–Kier alpha value is -1.16. The van der Waals surface area contributed by atoms with E-state index < -0.39 is 14.5 Å². The van der Waals surface area contributed by atoms with E-state index in [1.807, 2.05) is 30.3 Å². The number of rotatable bonds is 4. The number of ether oxygens (including phenoxy) is 1. The summed E-state index contributed by atoms with van der Waals surface area (Å²) in [5.41, 5.74) is 0.878. The van der Waals surface area contributed by atoms with Crippen LogP contribution in [0.1, 0.15) is 5.56 Å². The molecule has 0 fully saturated rings. The molecule has 1 aromatic carbocycles. The maximum Gasteiger partial charge on any atom is 0.407 e. The summed E-state index contributed by atoms with van der Waals surface area (Å²) in [6.45, 7) is 0.168. The molecular formula is C9H12NO4P. The quantitative estimate of drug-likeness (QED) is 0.677. The van der Waals surface area contributed by atoms with Gasteiger partial charge in [-0.2, -0.15) is 0 Å². The second-order valence-corrected chi connectivity index (χ2v) is 3.83. The summed E-state index contributed by atoms with van der Waals surface area (Å²) < 4.78 is 4.82. The van der Waals surface area contributed by atoms with Crippen molar-refractivity contribution < 1.29 is 19.3 Å². The number of carbonyl (C=O) groups excluding carboxylic acids is 1. The summed E-state index contributed by atoms with van der Waals surface area (Å²) >= 11 is 0. The molecule has 0 bridgehead atoms. The van der Waals surface area contributed by atoms with Crippen molar-refractivity contribution in [2.24, 2.45) is 0 Å². The minimum atomic E-state index is -2.11. The van der Waals surface area contributed by atoms with Gasteiger partial charge < -0.3 is 19.8 Å². The van der Waals surface area contributed by atoms with Crippen LogP contribution in [0, 0.1) is 0 Å². The van der Waals surface area contributed by atoms with Crippen LogP contribution in [0.4, 0.5) is 4.79 Å². The third-order valence-electron chi connectivity index (χ3n) is 1.58. The fourth-order valence-electron chi connectivity index (χ4n) is 0.909. The van der Waals surface area contributed by atoms with E-state index in [2.05, 4.69) is 5.32 Å². The molecule has 15 heavy (non-hydrogen) atoms. The van der Waals surface area contributed by atoms with Gasteiger partial charge in [-0.15, -0.1) is 0 Å². The number of hydrogen-bond donors (Lipinski definition) is 3. The van der Waals surface area contributed by atoms with Crippen LogP contribution in [0.2, 0.25) is 0 Å². The van der Waals surface area contributed by atoms with Crippen LogP contribution < -0.4 is 5.32 Å². The van der Waals surface area contributed by atoms with E-state index in [4.69, 9.17) is 14.5 Å². The highest BCUT2D eigenvalue weighted by Crippen LogP contribution is 2.19. The smallest absolute Gasteiger partial charge is 0.407 e. The Balaban J connectivity index is 2.23. The van der Waals surface area contributed by atoms with E-state index in [1.165, 1.54) is 0 Å². The van der Waals surface area contributed by atoms with Gasteiger partial charge in [-0.25, -0.2) is 4.79 Å². The van der Waals surface area contributed by atoms with Crippen LogP contribution in [0.3, 0.4) is 0 Å². The molecule has 0 heterocycles. The van der Waals surface area contributed by atoms with Crippen molar-refractivity contribution in [3.8, 4) is 0 Å².